The molecule has 1 aromatic heterocycles. The van der Waals surface area contributed by atoms with Crippen molar-refractivity contribution in [3.63, 3.8) is 0 Å². The summed E-state index contributed by atoms with van der Waals surface area (Å²) in [5.41, 5.74) is 0. The molecule has 19 heavy (non-hydrogen) atoms. The first-order chi connectivity index (χ1) is 9.09. The second-order valence-electron chi connectivity index (χ2n) is 4.85. The Hall–Kier alpha value is -0.430. The van der Waals surface area contributed by atoms with Crippen molar-refractivity contribution in [2.24, 2.45) is 0 Å². The van der Waals surface area contributed by atoms with Crippen molar-refractivity contribution in [3.8, 4) is 0 Å². The van der Waals surface area contributed by atoms with Crippen LogP contribution in [0.15, 0.2) is 16.3 Å². The fraction of sp³-hybridized carbons (Fsp3) is 0.692. The summed E-state index contributed by atoms with van der Waals surface area (Å²) in [6, 6.07) is 3.63. The highest BCUT2D eigenvalue weighted by Gasteiger charge is 2.33. The maximum atomic E-state index is 12.7. The van der Waals surface area contributed by atoms with Gasteiger partial charge in [0.15, 0.2) is 0 Å². The van der Waals surface area contributed by atoms with Crippen LogP contribution in [0.3, 0.4) is 0 Å². The molecule has 0 aliphatic heterocycles. The van der Waals surface area contributed by atoms with Gasteiger partial charge in [-0.3, -0.25) is 0 Å². The van der Waals surface area contributed by atoms with Gasteiger partial charge in [0, 0.05) is 17.5 Å². The molecule has 1 aliphatic carbocycles. The largest absolute Gasteiger partial charge is 0.395 e. The molecular weight excluding hydrogens is 282 g/mol. The summed E-state index contributed by atoms with van der Waals surface area (Å²) in [7, 11) is -3.44. The molecule has 1 aromatic rings. The summed E-state index contributed by atoms with van der Waals surface area (Å²) in [6.45, 7) is 2.10. The Morgan fingerprint density at radius 3 is 2.58 bits per heavy atom. The van der Waals surface area contributed by atoms with Gasteiger partial charge in [-0.25, -0.2) is 8.42 Å². The predicted octanol–water partition coefficient (Wildman–Crippen LogP) is 2.24. The molecule has 0 saturated heterocycles. The minimum Gasteiger partial charge on any atom is -0.395 e. The highest BCUT2D eigenvalue weighted by atomic mass is 32.2. The van der Waals surface area contributed by atoms with E-state index >= 15 is 0 Å². The number of sulfonamides is 1. The Morgan fingerprint density at radius 1 is 1.37 bits per heavy atom. The summed E-state index contributed by atoms with van der Waals surface area (Å²) >= 11 is 1.34. The van der Waals surface area contributed by atoms with Crippen molar-refractivity contribution >= 4 is 21.4 Å². The van der Waals surface area contributed by atoms with Crippen LogP contribution < -0.4 is 0 Å². The maximum Gasteiger partial charge on any atom is 0.252 e. The van der Waals surface area contributed by atoms with Gasteiger partial charge in [-0.2, -0.15) is 4.31 Å². The standard InChI is InChI=1S/C13H21NO3S2/c1-2-12-7-8-13(18-12)19(16,17)14(9-10-15)11-5-3-4-6-11/h7-8,11,15H,2-6,9-10H2,1H3. The van der Waals surface area contributed by atoms with Gasteiger partial charge in [0.25, 0.3) is 10.0 Å². The number of aryl methyl sites for hydroxylation is 1. The third-order valence-electron chi connectivity index (χ3n) is 3.60. The number of rotatable bonds is 6. The van der Waals surface area contributed by atoms with Crippen LogP contribution in [0.2, 0.25) is 0 Å². The van der Waals surface area contributed by atoms with Crippen LogP contribution in [0.5, 0.6) is 0 Å². The zero-order valence-corrected chi connectivity index (χ0v) is 12.8. The summed E-state index contributed by atoms with van der Waals surface area (Å²) in [5, 5.41) is 9.16. The minimum absolute atomic E-state index is 0.0596. The first kappa shape index (κ1) is 15.0. The lowest BCUT2D eigenvalue weighted by Gasteiger charge is -2.26. The quantitative estimate of drug-likeness (QED) is 0.877. The van der Waals surface area contributed by atoms with Gasteiger partial charge < -0.3 is 5.11 Å². The highest BCUT2D eigenvalue weighted by Crippen LogP contribution is 2.31. The molecule has 1 aliphatic rings. The Bertz CT molecular complexity index is 504. The van der Waals surface area contributed by atoms with Crippen molar-refractivity contribution in [2.75, 3.05) is 13.2 Å². The second-order valence-corrected chi connectivity index (χ2v) is 8.14. The summed E-state index contributed by atoms with van der Waals surface area (Å²) in [4.78, 5) is 1.08. The fourth-order valence-corrected chi connectivity index (χ4v) is 5.69. The Balaban J connectivity index is 2.27. The van der Waals surface area contributed by atoms with Crippen LogP contribution in [-0.4, -0.2) is 37.0 Å². The van der Waals surface area contributed by atoms with E-state index in [1.807, 2.05) is 13.0 Å². The van der Waals surface area contributed by atoms with Crippen LogP contribution in [-0.2, 0) is 16.4 Å². The van der Waals surface area contributed by atoms with E-state index in [-0.39, 0.29) is 19.2 Å². The van der Waals surface area contributed by atoms with E-state index in [2.05, 4.69) is 0 Å². The SMILES string of the molecule is CCc1ccc(S(=O)(=O)N(CCO)C2CCCC2)s1. The van der Waals surface area contributed by atoms with Crippen molar-refractivity contribution in [2.45, 2.75) is 49.3 Å². The van der Waals surface area contributed by atoms with Gasteiger partial charge in [0.2, 0.25) is 0 Å². The molecule has 1 fully saturated rings. The number of hydrogen-bond donors (Lipinski definition) is 1. The van der Waals surface area contributed by atoms with Crippen LogP contribution in [0, 0.1) is 0 Å². The molecule has 0 aromatic carbocycles. The molecule has 0 bridgehead atoms. The van der Waals surface area contributed by atoms with E-state index in [0.717, 1.165) is 37.0 Å². The molecule has 0 spiro atoms. The number of thiophene rings is 1. The molecule has 4 nitrogen and oxygen atoms in total. The molecule has 0 amide bonds. The van der Waals surface area contributed by atoms with Gasteiger partial charge in [-0.15, -0.1) is 11.3 Å². The second kappa shape index (κ2) is 6.35. The van der Waals surface area contributed by atoms with E-state index in [9.17, 15) is 8.42 Å². The van der Waals surface area contributed by atoms with E-state index in [0.29, 0.717) is 4.21 Å². The Labute approximate surface area is 119 Å². The van der Waals surface area contributed by atoms with Gasteiger partial charge in [-0.1, -0.05) is 19.8 Å². The van der Waals surface area contributed by atoms with Gasteiger partial charge in [-0.05, 0) is 31.4 Å². The fourth-order valence-electron chi connectivity index (χ4n) is 2.59. The lowest BCUT2D eigenvalue weighted by atomic mass is 10.2. The number of aliphatic hydroxyl groups is 1. The molecule has 6 heteroatoms. The summed E-state index contributed by atoms with van der Waals surface area (Å²) in [5.74, 6) is 0. The molecule has 1 saturated carbocycles. The Morgan fingerprint density at radius 2 is 2.05 bits per heavy atom. The zero-order valence-electron chi connectivity index (χ0n) is 11.2. The van der Waals surface area contributed by atoms with Crippen LogP contribution >= 0.6 is 11.3 Å². The maximum absolute atomic E-state index is 12.7. The van der Waals surface area contributed by atoms with Crippen LogP contribution in [0.1, 0.15) is 37.5 Å². The molecule has 0 unspecified atom stereocenters. The summed E-state index contributed by atoms with van der Waals surface area (Å²) < 4.78 is 27.2. The van der Waals surface area contributed by atoms with Crippen molar-refractivity contribution < 1.29 is 13.5 Å². The van der Waals surface area contributed by atoms with Gasteiger partial charge in [0.05, 0.1) is 6.61 Å². The first-order valence-corrected chi connectivity index (χ1v) is 9.06. The van der Waals surface area contributed by atoms with Crippen molar-refractivity contribution in [3.05, 3.63) is 17.0 Å². The molecule has 2 rings (SSSR count). The normalized spacial score (nSPS) is 17.4. The number of hydrogen-bond acceptors (Lipinski definition) is 4. The molecule has 108 valence electrons. The molecule has 0 radical (unpaired) electrons. The minimum atomic E-state index is -3.44. The van der Waals surface area contributed by atoms with Crippen molar-refractivity contribution in [1.82, 2.24) is 4.31 Å². The smallest absolute Gasteiger partial charge is 0.252 e. The molecular formula is C13H21NO3S2. The van der Waals surface area contributed by atoms with E-state index in [4.69, 9.17) is 5.11 Å². The highest BCUT2D eigenvalue weighted by molar-refractivity contribution is 7.91. The predicted molar refractivity (Wildman–Crippen MR) is 76.9 cm³/mol. The lowest BCUT2D eigenvalue weighted by Crippen LogP contribution is -2.40. The average molecular weight is 303 g/mol. The van der Waals surface area contributed by atoms with Gasteiger partial charge in [0.1, 0.15) is 4.21 Å². The lowest BCUT2D eigenvalue weighted by molar-refractivity contribution is 0.226. The van der Waals surface area contributed by atoms with E-state index in [1.54, 1.807) is 6.07 Å². The van der Waals surface area contributed by atoms with E-state index in [1.165, 1.54) is 15.6 Å². The first-order valence-electron chi connectivity index (χ1n) is 6.81. The molecule has 1 heterocycles. The van der Waals surface area contributed by atoms with Gasteiger partial charge >= 0.3 is 0 Å². The van der Waals surface area contributed by atoms with E-state index < -0.39 is 10.0 Å². The molecule has 0 atom stereocenters. The molecule has 1 N–H and O–H groups in total. The summed E-state index contributed by atoms with van der Waals surface area (Å²) in [6.07, 6.45) is 4.82. The van der Waals surface area contributed by atoms with Crippen LogP contribution in [0.25, 0.3) is 0 Å². The monoisotopic (exact) mass is 303 g/mol. The number of aliphatic hydroxyl groups excluding tert-OH is 1. The van der Waals surface area contributed by atoms with Crippen molar-refractivity contribution in [1.29, 1.82) is 0 Å². The zero-order chi connectivity index (χ0) is 13.9. The number of nitrogens with zero attached hydrogens (tertiary/aromatic N) is 1. The Kier molecular flexibility index (Phi) is 5.00. The third-order valence-corrected chi connectivity index (χ3v) is 7.25. The topological polar surface area (TPSA) is 57.6 Å². The van der Waals surface area contributed by atoms with Crippen LogP contribution in [0.4, 0.5) is 0 Å². The third kappa shape index (κ3) is 3.18. The average Bonchev–Trinajstić information content (AvgIpc) is 3.06.